The van der Waals surface area contributed by atoms with E-state index in [0.29, 0.717) is 5.41 Å². The maximum absolute atomic E-state index is 4.08. The molecule has 1 aromatic carbocycles. The van der Waals surface area contributed by atoms with Crippen LogP contribution in [0.2, 0.25) is 0 Å². The van der Waals surface area contributed by atoms with Crippen LogP contribution in [-0.2, 0) is 6.42 Å². The van der Waals surface area contributed by atoms with Crippen LogP contribution in [0.25, 0.3) is 5.57 Å². The zero-order valence-electron chi connectivity index (χ0n) is 12.8. The van der Waals surface area contributed by atoms with Crippen molar-refractivity contribution < 1.29 is 0 Å². The average Bonchev–Trinajstić information content (AvgIpc) is 2.42. The Morgan fingerprint density at radius 1 is 1.21 bits per heavy atom. The molecule has 0 radical (unpaired) electrons. The Labute approximate surface area is 119 Å². The highest BCUT2D eigenvalue weighted by atomic mass is 14.2. The first-order chi connectivity index (χ1) is 9.00. The molecule has 0 aliphatic carbocycles. The number of aryl methyl sites for hydroxylation is 1. The third-order valence-corrected chi connectivity index (χ3v) is 3.89. The molecule has 0 aliphatic rings. The Bertz CT molecular complexity index is 423. The molecule has 0 nitrogen and oxygen atoms in total. The highest BCUT2D eigenvalue weighted by molar-refractivity contribution is 5.73. The van der Waals surface area contributed by atoms with Crippen molar-refractivity contribution in [2.45, 2.75) is 52.9 Å². The van der Waals surface area contributed by atoms with E-state index in [9.17, 15) is 0 Å². The van der Waals surface area contributed by atoms with Crippen LogP contribution in [0, 0.1) is 5.41 Å². The first-order valence-corrected chi connectivity index (χ1v) is 7.40. The van der Waals surface area contributed by atoms with Crippen molar-refractivity contribution >= 4 is 5.57 Å². The number of rotatable bonds is 8. The van der Waals surface area contributed by atoms with Crippen molar-refractivity contribution in [3.63, 3.8) is 0 Å². The summed E-state index contributed by atoms with van der Waals surface area (Å²) in [6.45, 7) is 14.9. The maximum atomic E-state index is 4.08. The smallest absolute Gasteiger partial charge is 0.0158 e. The second kappa shape index (κ2) is 7.33. The van der Waals surface area contributed by atoms with Crippen molar-refractivity contribution in [2.75, 3.05) is 0 Å². The summed E-state index contributed by atoms with van der Waals surface area (Å²) in [5.41, 5.74) is 4.11. The van der Waals surface area contributed by atoms with Crippen LogP contribution in [0.4, 0.5) is 0 Å². The summed E-state index contributed by atoms with van der Waals surface area (Å²) in [7, 11) is 0. The molecule has 0 heterocycles. The first-order valence-electron chi connectivity index (χ1n) is 7.40. The molecular formula is C19H28. The highest BCUT2D eigenvalue weighted by Gasteiger charge is 2.17. The number of benzene rings is 1. The Morgan fingerprint density at radius 2 is 1.89 bits per heavy atom. The maximum Gasteiger partial charge on any atom is -0.0158 e. The largest absolute Gasteiger partial charge is 0.0985 e. The summed E-state index contributed by atoms with van der Waals surface area (Å²) < 4.78 is 0. The Balaban J connectivity index is 2.72. The van der Waals surface area contributed by atoms with E-state index in [1.165, 1.54) is 36.8 Å². The third-order valence-electron chi connectivity index (χ3n) is 3.89. The number of hydrogen-bond acceptors (Lipinski definition) is 0. The minimum absolute atomic E-state index is 0.429. The van der Waals surface area contributed by atoms with E-state index < -0.39 is 0 Å². The molecule has 0 fully saturated rings. The lowest BCUT2D eigenvalue weighted by atomic mass is 9.81. The molecule has 0 heteroatoms. The van der Waals surface area contributed by atoms with Crippen molar-refractivity contribution in [1.82, 2.24) is 0 Å². The summed E-state index contributed by atoms with van der Waals surface area (Å²) in [6.07, 6.45) is 8.13. The highest BCUT2D eigenvalue weighted by Crippen LogP contribution is 2.30. The lowest BCUT2D eigenvalue weighted by molar-refractivity contribution is 0.298. The van der Waals surface area contributed by atoms with Crippen LogP contribution in [0.5, 0.6) is 0 Å². The Kier molecular flexibility index (Phi) is 6.08. The summed E-state index contributed by atoms with van der Waals surface area (Å²) >= 11 is 0. The van der Waals surface area contributed by atoms with Gasteiger partial charge in [-0.2, -0.15) is 0 Å². The van der Waals surface area contributed by atoms with E-state index in [1.807, 2.05) is 6.08 Å². The van der Waals surface area contributed by atoms with E-state index in [1.54, 1.807) is 0 Å². The molecule has 0 amide bonds. The molecule has 0 aliphatic heterocycles. The second-order valence-corrected chi connectivity index (χ2v) is 6.15. The minimum Gasteiger partial charge on any atom is -0.0985 e. The van der Waals surface area contributed by atoms with Gasteiger partial charge in [-0.25, -0.2) is 0 Å². The Morgan fingerprint density at radius 3 is 2.53 bits per heavy atom. The van der Waals surface area contributed by atoms with Gasteiger partial charge in [0.1, 0.15) is 0 Å². The second-order valence-electron chi connectivity index (χ2n) is 6.15. The van der Waals surface area contributed by atoms with Crippen LogP contribution >= 0.6 is 0 Å². The Hall–Kier alpha value is -1.30. The van der Waals surface area contributed by atoms with Crippen LogP contribution in [0.15, 0.2) is 43.5 Å². The lowest BCUT2D eigenvalue weighted by Gasteiger charge is -2.25. The van der Waals surface area contributed by atoms with Crippen LogP contribution in [0.3, 0.4) is 0 Å². The molecule has 0 bridgehead atoms. The van der Waals surface area contributed by atoms with Crippen molar-refractivity contribution in [3.8, 4) is 0 Å². The van der Waals surface area contributed by atoms with Gasteiger partial charge in [-0.1, -0.05) is 77.1 Å². The van der Waals surface area contributed by atoms with Crippen LogP contribution < -0.4 is 0 Å². The number of unbranched alkanes of at least 4 members (excludes halogenated alkanes) is 1. The molecule has 19 heavy (non-hydrogen) atoms. The zero-order chi connectivity index (χ0) is 14.3. The topological polar surface area (TPSA) is 0 Å². The van der Waals surface area contributed by atoms with E-state index in [-0.39, 0.29) is 0 Å². The molecule has 0 N–H and O–H groups in total. The van der Waals surface area contributed by atoms with E-state index >= 15 is 0 Å². The van der Waals surface area contributed by atoms with Gasteiger partial charge in [-0.05, 0) is 41.4 Å². The zero-order valence-corrected chi connectivity index (χ0v) is 12.8. The summed E-state index contributed by atoms with van der Waals surface area (Å²) in [5, 5.41) is 0. The number of allylic oxidation sites excluding steroid dienone is 2. The fraction of sp³-hybridized carbons (Fsp3) is 0.474. The van der Waals surface area contributed by atoms with Crippen LogP contribution in [0.1, 0.15) is 57.6 Å². The lowest BCUT2D eigenvalue weighted by Crippen LogP contribution is -2.12. The first kappa shape index (κ1) is 15.8. The molecule has 0 spiro atoms. The third kappa shape index (κ3) is 5.06. The molecule has 0 atom stereocenters. The molecule has 1 rings (SSSR count). The van der Waals surface area contributed by atoms with E-state index in [2.05, 4.69) is 58.2 Å². The standard InChI is InChI=1S/C19H28/c1-6-8-14-19(4,5)15-13-17-11-9-10-12-18(17)16(3)7-2/h7,9-12H,2-3,6,8,13-15H2,1,4-5H3. The van der Waals surface area contributed by atoms with Crippen LogP contribution in [-0.4, -0.2) is 0 Å². The van der Waals surface area contributed by atoms with Crippen molar-refractivity contribution in [3.05, 3.63) is 54.6 Å². The van der Waals surface area contributed by atoms with Gasteiger partial charge < -0.3 is 0 Å². The monoisotopic (exact) mass is 256 g/mol. The van der Waals surface area contributed by atoms with Gasteiger partial charge in [0.15, 0.2) is 0 Å². The van der Waals surface area contributed by atoms with Gasteiger partial charge in [0.05, 0.1) is 0 Å². The predicted molar refractivity (Wildman–Crippen MR) is 87.3 cm³/mol. The van der Waals surface area contributed by atoms with Gasteiger partial charge in [0.25, 0.3) is 0 Å². The van der Waals surface area contributed by atoms with E-state index in [4.69, 9.17) is 0 Å². The van der Waals surface area contributed by atoms with Gasteiger partial charge >= 0.3 is 0 Å². The molecule has 0 saturated carbocycles. The summed E-state index contributed by atoms with van der Waals surface area (Å²) in [4.78, 5) is 0. The van der Waals surface area contributed by atoms with Crippen molar-refractivity contribution in [1.29, 1.82) is 0 Å². The fourth-order valence-electron chi connectivity index (χ4n) is 2.41. The summed E-state index contributed by atoms with van der Waals surface area (Å²) in [6, 6.07) is 8.57. The molecule has 104 valence electrons. The molecule has 0 unspecified atom stereocenters. The molecule has 0 saturated heterocycles. The fourth-order valence-corrected chi connectivity index (χ4v) is 2.41. The SMILES string of the molecule is C=CC(=C)c1ccccc1CCC(C)(C)CCCC. The van der Waals surface area contributed by atoms with E-state index in [0.717, 1.165) is 12.0 Å². The van der Waals surface area contributed by atoms with Gasteiger partial charge in [0, 0.05) is 0 Å². The van der Waals surface area contributed by atoms with Gasteiger partial charge in [-0.15, -0.1) is 0 Å². The predicted octanol–water partition coefficient (Wildman–Crippen LogP) is 6.03. The van der Waals surface area contributed by atoms with Gasteiger partial charge in [-0.3, -0.25) is 0 Å². The quantitative estimate of drug-likeness (QED) is 0.498. The van der Waals surface area contributed by atoms with Gasteiger partial charge in [0.2, 0.25) is 0 Å². The minimum atomic E-state index is 0.429. The average molecular weight is 256 g/mol. The molecule has 0 aromatic heterocycles. The number of hydrogen-bond donors (Lipinski definition) is 0. The summed E-state index contributed by atoms with van der Waals surface area (Å²) in [5.74, 6) is 0. The molecular weight excluding hydrogens is 228 g/mol. The van der Waals surface area contributed by atoms with Crippen molar-refractivity contribution in [2.24, 2.45) is 5.41 Å². The normalized spacial score (nSPS) is 11.3. The molecule has 1 aromatic rings.